The molecule has 228 valence electrons. The van der Waals surface area contributed by atoms with Gasteiger partial charge >= 0.3 is 19.8 Å². The summed E-state index contributed by atoms with van der Waals surface area (Å²) in [6, 6.07) is 10.8. The molecule has 0 amide bonds. The van der Waals surface area contributed by atoms with Crippen LogP contribution in [-0.2, 0) is 18.8 Å². The molecule has 1 unspecified atom stereocenters. The number of halogens is 1. The third-order valence-corrected chi connectivity index (χ3v) is 9.13. The van der Waals surface area contributed by atoms with Crippen molar-refractivity contribution in [3.05, 3.63) is 74.4 Å². The normalized spacial score (nSPS) is 24.4. The highest BCUT2D eigenvalue weighted by Gasteiger charge is 2.57. The van der Waals surface area contributed by atoms with E-state index in [0.29, 0.717) is 0 Å². The lowest BCUT2D eigenvalue weighted by atomic mass is 9.98. The number of thiophene rings is 1. The third-order valence-electron chi connectivity index (χ3n) is 6.41. The van der Waals surface area contributed by atoms with Crippen LogP contribution in [0.5, 0.6) is 5.75 Å². The molecule has 15 heteroatoms. The van der Waals surface area contributed by atoms with Crippen molar-refractivity contribution in [1.82, 2.24) is 14.6 Å². The minimum Gasteiger partial charge on any atom is -0.462 e. The van der Waals surface area contributed by atoms with E-state index in [4.69, 9.17) is 18.5 Å². The summed E-state index contributed by atoms with van der Waals surface area (Å²) in [6.45, 7) is 7.24. The number of hydrogen-bond donors (Lipinski definition) is 4. The zero-order valence-electron chi connectivity index (χ0n) is 23.6. The SMILES string of the molecule is Cc1ccc(-c2ccc(O[P+](O)(N[C@@H](C)C(=O)OC(C)C)OC[C@H]3O[C@@H](n4ccc(=O)[nH]c4=O)[C@](C)(F)[C@@H]3O)cc2)s1. The van der Waals surface area contributed by atoms with E-state index >= 15 is 4.39 Å². The molecule has 0 spiro atoms. The molecule has 0 bridgehead atoms. The van der Waals surface area contributed by atoms with E-state index in [-0.39, 0.29) is 5.75 Å². The number of H-pyrrole nitrogens is 1. The molecule has 1 aliphatic heterocycles. The molecular formula is C27H34FN3O9PS+. The summed E-state index contributed by atoms with van der Waals surface area (Å²) in [6.07, 6.45) is -4.15. The molecule has 3 aromatic rings. The number of rotatable bonds is 11. The average molecular weight is 627 g/mol. The maximum Gasteiger partial charge on any atom is 0.544 e. The van der Waals surface area contributed by atoms with Crippen LogP contribution < -0.4 is 20.9 Å². The number of aromatic amines is 1. The summed E-state index contributed by atoms with van der Waals surface area (Å²) in [4.78, 5) is 51.9. The van der Waals surface area contributed by atoms with E-state index in [1.807, 2.05) is 24.0 Å². The Balaban J connectivity index is 1.54. The van der Waals surface area contributed by atoms with Gasteiger partial charge in [0.25, 0.3) is 5.56 Å². The Morgan fingerprint density at radius 3 is 2.50 bits per heavy atom. The van der Waals surface area contributed by atoms with Crippen molar-refractivity contribution in [2.24, 2.45) is 0 Å². The van der Waals surface area contributed by atoms with Crippen molar-refractivity contribution < 1.29 is 37.7 Å². The fraction of sp³-hybridized carbons (Fsp3) is 0.444. The second kappa shape index (κ2) is 12.7. The first-order valence-corrected chi connectivity index (χ1v) is 15.5. The van der Waals surface area contributed by atoms with Gasteiger partial charge in [0, 0.05) is 22.0 Å². The molecule has 1 aliphatic rings. The summed E-state index contributed by atoms with van der Waals surface area (Å²) in [5, 5.41) is 13.4. The van der Waals surface area contributed by atoms with Gasteiger partial charge in [0.1, 0.15) is 24.9 Å². The van der Waals surface area contributed by atoms with Gasteiger partial charge in [-0.2, -0.15) is 9.42 Å². The van der Waals surface area contributed by atoms with Gasteiger partial charge in [0.15, 0.2) is 17.6 Å². The smallest absolute Gasteiger partial charge is 0.462 e. The van der Waals surface area contributed by atoms with Crippen molar-refractivity contribution in [2.45, 2.75) is 70.9 Å². The minimum atomic E-state index is -4.13. The lowest BCUT2D eigenvalue weighted by Crippen LogP contribution is -2.44. The molecule has 42 heavy (non-hydrogen) atoms. The number of aliphatic hydroxyl groups excluding tert-OH is 1. The number of esters is 1. The van der Waals surface area contributed by atoms with Gasteiger partial charge < -0.3 is 14.6 Å². The summed E-state index contributed by atoms with van der Waals surface area (Å²) >= 11 is 1.62. The first-order chi connectivity index (χ1) is 19.7. The molecule has 1 saturated heterocycles. The minimum absolute atomic E-state index is 0.209. The predicted octanol–water partition coefficient (Wildman–Crippen LogP) is 3.26. The van der Waals surface area contributed by atoms with E-state index in [9.17, 15) is 24.4 Å². The van der Waals surface area contributed by atoms with Crippen molar-refractivity contribution in [3.8, 4) is 16.2 Å². The maximum atomic E-state index is 15.6. The molecule has 12 nitrogen and oxygen atoms in total. The lowest BCUT2D eigenvalue weighted by molar-refractivity contribution is -0.149. The Labute approximate surface area is 245 Å². The number of hydrogen-bond acceptors (Lipinski definition) is 11. The van der Waals surface area contributed by atoms with E-state index < -0.39 is 68.2 Å². The highest BCUT2D eigenvalue weighted by atomic mass is 32.1. The molecule has 3 heterocycles. The van der Waals surface area contributed by atoms with Crippen LogP contribution in [0, 0.1) is 6.92 Å². The number of carbonyl (C=O) groups excluding carboxylic acids is 1. The molecule has 2 aromatic heterocycles. The maximum absolute atomic E-state index is 15.6. The molecule has 6 atom stereocenters. The van der Waals surface area contributed by atoms with Crippen LogP contribution >= 0.6 is 19.4 Å². The zero-order chi connectivity index (χ0) is 30.8. The molecular weight excluding hydrogens is 592 g/mol. The molecule has 0 saturated carbocycles. The molecule has 4 N–H and O–H groups in total. The van der Waals surface area contributed by atoms with Crippen LogP contribution in [0.4, 0.5) is 4.39 Å². The van der Waals surface area contributed by atoms with E-state index in [2.05, 4.69) is 5.09 Å². The van der Waals surface area contributed by atoms with E-state index in [1.165, 1.54) is 6.92 Å². The largest absolute Gasteiger partial charge is 0.544 e. The van der Waals surface area contributed by atoms with Gasteiger partial charge in [0.2, 0.25) is 0 Å². The number of aliphatic hydroxyl groups is 1. The van der Waals surface area contributed by atoms with E-state index in [0.717, 1.165) is 39.1 Å². The van der Waals surface area contributed by atoms with Crippen LogP contribution in [0.25, 0.3) is 10.4 Å². The van der Waals surface area contributed by atoms with Crippen molar-refractivity contribution in [2.75, 3.05) is 6.61 Å². The van der Waals surface area contributed by atoms with Crippen LogP contribution in [0.3, 0.4) is 0 Å². The molecule has 1 fully saturated rings. The zero-order valence-corrected chi connectivity index (χ0v) is 25.4. The number of alkyl halides is 1. The Hall–Kier alpha value is -2.97. The summed E-state index contributed by atoms with van der Waals surface area (Å²) in [5.74, 6) is -0.467. The second-order valence-electron chi connectivity index (χ2n) is 10.3. The quantitative estimate of drug-likeness (QED) is 0.184. The molecule has 0 aliphatic carbocycles. The van der Waals surface area contributed by atoms with Crippen molar-refractivity contribution in [1.29, 1.82) is 0 Å². The van der Waals surface area contributed by atoms with Crippen LogP contribution in [0.1, 0.15) is 38.8 Å². The summed E-state index contributed by atoms with van der Waals surface area (Å²) in [7, 11) is -4.13. The highest BCUT2D eigenvalue weighted by molar-refractivity contribution is 7.59. The van der Waals surface area contributed by atoms with Crippen LogP contribution in [0.2, 0.25) is 0 Å². The van der Waals surface area contributed by atoms with Gasteiger partial charge in [-0.25, -0.2) is 9.18 Å². The molecule has 1 aromatic carbocycles. The number of nitrogens with zero attached hydrogens (tertiary/aromatic N) is 1. The molecule has 4 rings (SSSR count). The Kier molecular flexibility index (Phi) is 9.68. The van der Waals surface area contributed by atoms with Gasteiger partial charge in [-0.1, -0.05) is 5.09 Å². The number of aromatic nitrogens is 2. The molecule has 0 radical (unpaired) electrons. The van der Waals surface area contributed by atoms with Gasteiger partial charge in [-0.15, -0.1) is 11.3 Å². The monoisotopic (exact) mass is 626 g/mol. The topological polar surface area (TPSA) is 161 Å². The summed E-state index contributed by atoms with van der Waals surface area (Å²) < 4.78 is 38.8. The van der Waals surface area contributed by atoms with E-state index in [1.54, 1.807) is 49.4 Å². The number of aryl methyl sites for hydroxylation is 1. The van der Waals surface area contributed by atoms with Gasteiger partial charge in [0.05, 0.1) is 6.10 Å². The summed E-state index contributed by atoms with van der Waals surface area (Å²) in [5.41, 5.74) is -3.17. The second-order valence-corrected chi connectivity index (χ2v) is 13.3. The Morgan fingerprint density at radius 2 is 1.90 bits per heavy atom. The number of benzene rings is 1. The van der Waals surface area contributed by atoms with Crippen LogP contribution in [0.15, 0.2) is 58.3 Å². The lowest BCUT2D eigenvalue weighted by Gasteiger charge is -2.24. The number of nitrogens with one attached hydrogen (secondary N) is 2. The number of carbonyl (C=O) groups is 1. The highest BCUT2D eigenvalue weighted by Crippen LogP contribution is 2.54. The average Bonchev–Trinajstić information content (AvgIpc) is 3.43. The fourth-order valence-corrected chi connectivity index (χ4v) is 6.68. The predicted molar refractivity (Wildman–Crippen MR) is 155 cm³/mol. The number of ether oxygens (including phenoxy) is 2. The first kappa shape index (κ1) is 32.0. The van der Waals surface area contributed by atoms with Crippen LogP contribution in [-0.4, -0.2) is 62.1 Å². The standard InChI is InChI=1S/C27H33FN3O9PS/c1-15(2)38-24(34)17(4)30-41(36,40-19-9-7-18(8-10-19)21-11-6-16(3)42-21)37-14-20-23(33)27(5,28)25(39-20)31-13-12-22(32)29-26(31)35/h6-13,15,17,20,23,25,30,33,36H,14H2,1-5H3/p+1/t17-,20+,23+,25+,27+,41?/m0/s1. The first-order valence-electron chi connectivity index (χ1n) is 13.1. The Morgan fingerprint density at radius 1 is 1.21 bits per heavy atom. The van der Waals surface area contributed by atoms with Gasteiger partial charge in [-0.3, -0.25) is 23.7 Å². The Bertz CT molecular complexity index is 1510. The van der Waals surface area contributed by atoms with Crippen molar-refractivity contribution in [3.63, 3.8) is 0 Å². The van der Waals surface area contributed by atoms with Gasteiger partial charge in [-0.05, 0) is 76.6 Å². The third kappa shape index (κ3) is 7.32. The van der Waals surface area contributed by atoms with Crippen molar-refractivity contribution >= 4 is 25.4 Å². The fourth-order valence-electron chi connectivity index (χ4n) is 4.27.